The van der Waals surface area contributed by atoms with E-state index in [1.54, 1.807) is 0 Å². The van der Waals surface area contributed by atoms with E-state index in [1.165, 1.54) is 30.2 Å². The first-order valence-corrected chi connectivity index (χ1v) is 8.51. The predicted molar refractivity (Wildman–Crippen MR) is 91.0 cm³/mol. The van der Waals surface area contributed by atoms with Crippen molar-refractivity contribution in [3.63, 3.8) is 0 Å². The van der Waals surface area contributed by atoms with Gasteiger partial charge in [0.05, 0.1) is 0 Å². The Bertz CT molecular complexity index is 650. The summed E-state index contributed by atoms with van der Waals surface area (Å²) in [7, 11) is 0. The van der Waals surface area contributed by atoms with Crippen molar-refractivity contribution in [2.45, 2.75) is 64.5 Å². The Morgan fingerprint density at radius 2 is 2.00 bits per heavy atom. The third kappa shape index (κ3) is 3.34. The number of carbonyl (C=O) groups excluding carboxylic acids is 1. The van der Waals surface area contributed by atoms with Crippen molar-refractivity contribution in [3.05, 3.63) is 36.0 Å². The second kappa shape index (κ2) is 6.55. The van der Waals surface area contributed by atoms with E-state index in [-0.39, 0.29) is 5.91 Å². The van der Waals surface area contributed by atoms with Gasteiger partial charge in [-0.15, -0.1) is 0 Å². The number of amides is 1. The highest BCUT2D eigenvalue weighted by Gasteiger charge is 2.16. The molecular weight excluding hydrogens is 272 g/mol. The zero-order valence-electron chi connectivity index (χ0n) is 13.6. The van der Waals surface area contributed by atoms with E-state index < -0.39 is 0 Å². The number of hydrogen-bond acceptors (Lipinski definition) is 1. The molecule has 0 aliphatic heterocycles. The lowest BCUT2D eigenvalue weighted by molar-refractivity contribution is -0.122. The summed E-state index contributed by atoms with van der Waals surface area (Å²) in [5.74, 6) is 0.666. The quantitative estimate of drug-likeness (QED) is 0.901. The van der Waals surface area contributed by atoms with Gasteiger partial charge in [-0.05, 0) is 47.9 Å². The van der Waals surface area contributed by atoms with E-state index in [0.29, 0.717) is 18.5 Å². The van der Waals surface area contributed by atoms with Crippen molar-refractivity contribution in [1.82, 2.24) is 9.88 Å². The van der Waals surface area contributed by atoms with Crippen molar-refractivity contribution in [2.24, 2.45) is 0 Å². The Kier molecular flexibility index (Phi) is 4.51. The Morgan fingerprint density at radius 1 is 1.23 bits per heavy atom. The SMILES string of the molecule is CC(C)c1ccc2c(ccn2CC(=O)NC2CCCCC2)c1. The molecule has 1 amide bonds. The van der Waals surface area contributed by atoms with E-state index in [1.807, 2.05) is 6.20 Å². The molecule has 0 unspecified atom stereocenters. The molecule has 0 bridgehead atoms. The maximum Gasteiger partial charge on any atom is 0.240 e. The Hall–Kier alpha value is -1.77. The normalized spacial score (nSPS) is 16.3. The fourth-order valence-corrected chi connectivity index (χ4v) is 3.39. The van der Waals surface area contributed by atoms with Gasteiger partial charge >= 0.3 is 0 Å². The molecule has 2 aromatic rings. The van der Waals surface area contributed by atoms with Gasteiger partial charge in [0.25, 0.3) is 0 Å². The van der Waals surface area contributed by atoms with Crippen molar-refractivity contribution < 1.29 is 4.79 Å². The largest absolute Gasteiger partial charge is 0.352 e. The van der Waals surface area contributed by atoms with Gasteiger partial charge in [-0.25, -0.2) is 0 Å². The second-order valence-electron chi connectivity index (χ2n) is 6.82. The van der Waals surface area contributed by atoms with Crippen LogP contribution in [0.1, 0.15) is 57.4 Å². The molecule has 3 heteroatoms. The van der Waals surface area contributed by atoms with E-state index in [4.69, 9.17) is 0 Å². The highest BCUT2D eigenvalue weighted by Crippen LogP contribution is 2.22. The van der Waals surface area contributed by atoms with Crippen LogP contribution in [0, 0.1) is 0 Å². The molecule has 3 rings (SSSR count). The van der Waals surface area contributed by atoms with Crippen LogP contribution >= 0.6 is 0 Å². The summed E-state index contributed by atoms with van der Waals surface area (Å²) < 4.78 is 2.05. The Morgan fingerprint density at radius 3 is 2.73 bits per heavy atom. The van der Waals surface area contributed by atoms with E-state index >= 15 is 0 Å². The van der Waals surface area contributed by atoms with Gasteiger partial charge in [0.1, 0.15) is 6.54 Å². The standard InChI is InChI=1S/C19H26N2O/c1-14(2)15-8-9-18-16(12-15)10-11-21(18)13-19(22)20-17-6-4-3-5-7-17/h8-12,14,17H,3-7,13H2,1-2H3,(H,20,22). The number of nitrogens with one attached hydrogen (secondary N) is 1. The van der Waals surface area contributed by atoms with Gasteiger partial charge in [0.2, 0.25) is 5.91 Å². The Labute approximate surface area is 132 Å². The fourth-order valence-electron chi connectivity index (χ4n) is 3.39. The average Bonchev–Trinajstić information content (AvgIpc) is 2.90. The molecule has 118 valence electrons. The third-order valence-corrected chi connectivity index (χ3v) is 4.75. The highest BCUT2D eigenvalue weighted by atomic mass is 16.2. The molecule has 1 aromatic heterocycles. The summed E-state index contributed by atoms with van der Waals surface area (Å²) in [6.07, 6.45) is 8.10. The third-order valence-electron chi connectivity index (χ3n) is 4.75. The van der Waals surface area contributed by atoms with Crippen LogP contribution in [0.2, 0.25) is 0 Å². The maximum atomic E-state index is 12.3. The van der Waals surface area contributed by atoms with Crippen molar-refractivity contribution in [3.8, 4) is 0 Å². The first-order chi connectivity index (χ1) is 10.6. The number of benzene rings is 1. The minimum Gasteiger partial charge on any atom is -0.352 e. The molecule has 1 N–H and O–H groups in total. The van der Waals surface area contributed by atoms with E-state index in [2.05, 4.69) is 48.0 Å². The zero-order valence-corrected chi connectivity index (χ0v) is 13.6. The molecule has 0 radical (unpaired) electrons. The molecule has 3 nitrogen and oxygen atoms in total. The molecular formula is C19H26N2O. The smallest absolute Gasteiger partial charge is 0.240 e. The monoisotopic (exact) mass is 298 g/mol. The van der Waals surface area contributed by atoms with Crippen LogP contribution < -0.4 is 5.32 Å². The topological polar surface area (TPSA) is 34.0 Å². The molecule has 1 aliphatic carbocycles. The van der Waals surface area contributed by atoms with Gasteiger partial charge in [-0.2, -0.15) is 0 Å². The van der Waals surface area contributed by atoms with Crippen LogP contribution in [0.4, 0.5) is 0 Å². The molecule has 22 heavy (non-hydrogen) atoms. The first kappa shape index (κ1) is 15.1. The fraction of sp³-hybridized carbons (Fsp3) is 0.526. The molecule has 1 aromatic carbocycles. The minimum absolute atomic E-state index is 0.136. The number of hydrogen-bond donors (Lipinski definition) is 1. The summed E-state index contributed by atoms with van der Waals surface area (Å²) in [4.78, 5) is 12.3. The average molecular weight is 298 g/mol. The Balaban J connectivity index is 1.69. The van der Waals surface area contributed by atoms with Crippen LogP contribution in [0.25, 0.3) is 10.9 Å². The number of aromatic nitrogens is 1. The van der Waals surface area contributed by atoms with Crippen molar-refractivity contribution >= 4 is 16.8 Å². The lowest BCUT2D eigenvalue weighted by atomic mass is 9.95. The molecule has 1 aliphatic rings. The lowest BCUT2D eigenvalue weighted by Crippen LogP contribution is -2.38. The van der Waals surface area contributed by atoms with Gasteiger partial charge in [-0.3, -0.25) is 4.79 Å². The number of rotatable bonds is 4. The zero-order chi connectivity index (χ0) is 15.5. The molecule has 1 fully saturated rings. The lowest BCUT2D eigenvalue weighted by Gasteiger charge is -2.22. The van der Waals surface area contributed by atoms with Crippen LogP contribution in [0.15, 0.2) is 30.5 Å². The van der Waals surface area contributed by atoms with Gasteiger partial charge < -0.3 is 9.88 Å². The predicted octanol–water partition coefficient (Wildman–Crippen LogP) is 4.21. The summed E-state index contributed by atoms with van der Waals surface area (Å²) in [5.41, 5.74) is 2.49. The number of nitrogens with zero attached hydrogens (tertiary/aromatic N) is 1. The summed E-state index contributed by atoms with van der Waals surface area (Å²) in [5, 5.41) is 4.41. The summed E-state index contributed by atoms with van der Waals surface area (Å²) in [6.45, 7) is 4.83. The van der Waals surface area contributed by atoms with Crippen molar-refractivity contribution in [2.75, 3.05) is 0 Å². The molecule has 1 heterocycles. The first-order valence-electron chi connectivity index (χ1n) is 8.51. The van der Waals surface area contributed by atoms with Crippen LogP contribution in [-0.2, 0) is 11.3 Å². The molecule has 0 spiro atoms. The number of carbonyl (C=O) groups is 1. The highest BCUT2D eigenvalue weighted by molar-refractivity contribution is 5.84. The maximum absolute atomic E-state index is 12.3. The van der Waals surface area contributed by atoms with Gasteiger partial charge in [0.15, 0.2) is 0 Å². The van der Waals surface area contributed by atoms with E-state index in [9.17, 15) is 4.79 Å². The second-order valence-corrected chi connectivity index (χ2v) is 6.82. The molecule has 1 saturated carbocycles. The van der Waals surface area contributed by atoms with Crippen LogP contribution in [0.3, 0.4) is 0 Å². The van der Waals surface area contributed by atoms with Gasteiger partial charge in [-0.1, -0.05) is 39.2 Å². The van der Waals surface area contributed by atoms with E-state index in [0.717, 1.165) is 18.4 Å². The van der Waals surface area contributed by atoms with Crippen LogP contribution in [-0.4, -0.2) is 16.5 Å². The molecule has 0 atom stereocenters. The van der Waals surface area contributed by atoms with Crippen LogP contribution in [0.5, 0.6) is 0 Å². The number of fused-ring (bicyclic) bond motifs is 1. The minimum atomic E-state index is 0.136. The summed E-state index contributed by atoms with van der Waals surface area (Å²) >= 11 is 0. The molecule has 0 saturated heterocycles. The van der Waals surface area contributed by atoms with Crippen molar-refractivity contribution in [1.29, 1.82) is 0 Å². The van der Waals surface area contributed by atoms with Gasteiger partial charge in [0, 0.05) is 17.8 Å². The summed E-state index contributed by atoms with van der Waals surface area (Å²) in [6, 6.07) is 9.03.